The van der Waals surface area contributed by atoms with Crippen LogP contribution in [-0.4, -0.2) is 44.8 Å². The lowest BCUT2D eigenvalue weighted by molar-refractivity contribution is 0.552. The summed E-state index contributed by atoms with van der Waals surface area (Å²) in [4.78, 5) is 0. The van der Waals surface area contributed by atoms with Crippen LogP contribution < -0.4 is 10.0 Å². The summed E-state index contributed by atoms with van der Waals surface area (Å²) < 4.78 is 26.1. The molecule has 0 aromatic rings. The van der Waals surface area contributed by atoms with E-state index >= 15 is 0 Å². The van der Waals surface area contributed by atoms with E-state index in [9.17, 15) is 8.42 Å². The first-order valence-electron chi connectivity index (χ1n) is 6.30. The van der Waals surface area contributed by atoms with E-state index in [1.807, 2.05) is 25.6 Å². The standard InChI is InChI=1S/C11H26N2O2S2/c1-4-12-8-6-10-17(14,15)13-11(3)7-9-16-5-2/h11-13H,4-10H2,1-3H3. The number of hydrogen-bond acceptors (Lipinski definition) is 4. The molecule has 0 rings (SSSR count). The molecular formula is C11H26N2O2S2. The topological polar surface area (TPSA) is 58.2 Å². The third-order valence-electron chi connectivity index (χ3n) is 2.30. The van der Waals surface area contributed by atoms with Crippen LogP contribution in [0.2, 0.25) is 0 Å². The highest BCUT2D eigenvalue weighted by Crippen LogP contribution is 2.04. The minimum atomic E-state index is -3.10. The first-order chi connectivity index (χ1) is 8.02. The minimum absolute atomic E-state index is 0.0400. The molecule has 0 saturated carbocycles. The Morgan fingerprint density at radius 3 is 2.59 bits per heavy atom. The van der Waals surface area contributed by atoms with Crippen molar-refractivity contribution in [3.63, 3.8) is 0 Å². The van der Waals surface area contributed by atoms with Crippen LogP contribution in [0.4, 0.5) is 0 Å². The maximum atomic E-state index is 11.7. The largest absolute Gasteiger partial charge is 0.317 e. The lowest BCUT2D eigenvalue weighted by Gasteiger charge is -2.13. The van der Waals surface area contributed by atoms with Crippen molar-refractivity contribution in [3.05, 3.63) is 0 Å². The first kappa shape index (κ1) is 17.2. The van der Waals surface area contributed by atoms with E-state index < -0.39 is 10.0 Å². The van der Waals surface area contributed by atoms with Crippen LogP contribution in [0.3, 0.4) is 0 Å². The SMILES string of the molecule is CCNCCCS(=O)(=O)NC(C)CCSCC. The summed E-state index contributed by atoms with van der Waals surface area (Å²) in [6, 6.07) is 0.0400. The van der Waals surface area contributed by atoms with Crippen molar-refractivity contribution in [1.29, 1.82) is 0 Å². The third kappa shape index (κ3) is 11.1. The number of sulfonamides is 1. The summed E-state index contributed by atoms with van der Waals surface area (Å²) in [6.45, 7) is 7.70. The summed E-state index contributed by atoms with van der Waals surface area (Å²) in [7, 11) is -3.10. The molecule has 6 heteroatoms. The molecule has 0 aromatic carbocycles. The second-order valence-electron chi connectivity index (χ2n) is 4.03. The summed E-state index contributed by atoms with van der Waals surface area (Å²) in [5.74, 6) is 2.31. The number of hydrogen-bond donors (Lipinski definition) is 2. The zero-order chi connectivity index (χ0) is 13.1. The van der Waals surface area contributed by atoms with Gasteiger partial charge < -0.3 is 5.32 Å². The summed E-state index contributed by atoms with van der Waals surface area (Å²) >= 11 is 1.84. The van der Waals surface area contributed by atoms with Crippen molar-refractivity contribution in [2.75, 3.05) is 30.3 Å². The first-order valence-corrected chi connectivity index (χ1v) is 9.11. The van der Waals surface area contributed by atoms with Crippen LogP contribution in [0.5, 0.6) is 0 Å². The van der Waals surface area contributed by atoms with Crippen LogP contribution in [0, 0.1) is 0 Å². The molecule has 0 aliphatic carbocycles. The second kappa shape index (κ2) is 10.2. The highest BCUT2D eigenvalue weighted by molar-refractivity contribution is 7.99. The van der Waals surface area contributed by atoms with E-state index in [1.165, 1.54) is 0 Å². The fourth-order valence-corrected chi connectivity index (χ4v) is 3.57. The molecule has 0 fully saturated rings. The Morgan fingerprint density at radius 2 is 2.00 bits per heavy atom. The molecule has 1 atom stereocenters. The molecule has 2 N–H and O–H groups in total. The molecule has 0 aliphatic rings. The Labute approximate surface area is 110 Å². The normalized spacial score (nSPS) is 13.8. The van der Waals surface area contributed by atoms with E-state index in [2.05, 4.69) is 17.0 Å². The van der Waals surface area contributed by atoms with Crippen molar-refractivity contribution in [1.82, 2.24) is 10.0 Å². The molecule has 0 aliphatic heterocycles. The minimum Gasteiger partial charge on any atom is -0.317 e. The van der Waals surface area contributed by atoms with Gasteiger partial charge in [0.15, 0.2) is 0 Å². The fraction of sp³-hybridized carbons (Fsp3) is 1.00. The van der Waals surface area contributed by atoms with Gasteiger partial charge in [0.2, 0.25) is 10.0 Å². The number of thioether (sulfide) groups is 1. The van der Waals surface area contributed by atoms with Gasteiger partial charge in [-0.2, -0.15) is 11.8 Å². The highest BCUT2D eigenvalue weighted by atomic mass is 32.2. The molecule has 0 saturated heterocycles. The Bertz CT molecular complexity index is 269. The van der Waals surface area contributed by atoms with Gasteiger partial charge in [0.25, 0.3) is 0 Å². The van der Waals surface area contributed by atoms with Crippen LogP contribution >= 0.6 is 11.8 Å². The van der Waals surface area contributed by atoms with E-state index in [-0.39, 0.29) is 11.8 Å². The van der Waals surface area contributed by atoms with Gasteiger partial charge >= 0.3 is 0 Å². The van der Waals surface area contributed by atoms with Gasteiger partial charge in [-0.05, 0) is 44.4 Å². The number of nitrogens with one attached hydrogen (secondary N) is 2. The van der Waals surface area contributed by atoms with Crippen LogP contribution in [0.25, 0.3) is 0 Å². The monoisotopic (exact) mass is 282 g/mol. The average Bonchev–Trinajstić information content (AvgIpc) is 2.24. The number of rotatable bonds is 11. The quantitative estimate of drug-likeness (QED) is 0.563. The third-order valence-corrected chi connectivity index (χ3v) is 4.82. The van der Waals surface area contributed by atoms with E-state index in [4.69, 9.17) is 0 Å². The van der Waals surface area contributed by atoms with E-state index in [0.29, 0.717) is 6.42 Å². The van der Waals surface area contributed by atoms with Crippen molar-refractivity contribution in [2.45, 2.75) is 39.7 Å². The van der Waals surface area contributed by atoms with Crippen molar-refractivity contribution < 1.29 is 8.42 Å². The van der Waals surface area contributed by atoms with Gasteiger partial charge in [0.05, 0.1) is 5.75 Å². The molecule has 0 heterocycles. The molecule has 0 aromatic heterocycles. The molecule has 0 radical (unpaired) electrons. The van der Waals surface area contributed by atoms with Crippen LogP contribution in [0.15, 0.2) is 0 Å². The highest BCUT2D eigenvalue weighted by Gasteiger charge is 2.13. The summed E-state index contributed by atoms with van der Waals surface area (Å²) in [5, 5.41) is 3.12. The van der Waals surface area contributed by atoms with Gasteiger partial charge in [-0.15, -0.1) is 0 Å². The summed E-state index contributed by atoms with van der Waals surface area (Å²) in [6.07, 6.45) is 1.56. The molecule has 17 heavy (non-hydrogen) atoms. The van der Waals surface area contributed by atoms with Crippen LogP contribution in [0.1, 0.15) is 33.6 Å². The molecular weight excluding hydrogens is 256 g/mol. The smallest absolute Gasteiger partial charge is 0.211 e. The maximum Gasteiger partial charge on any atom is 0.211 e. The average molecular weight is 282 g/mol. The van der Waals surface area contributed by atoms with Gasteiger partial charge in [-0.25, -0.2) is 13.1 Å². The van der Waals surface area contributed by atoms with Gasteiger partial charge in [0, 0.05) is 6.04 Å². The van der Waals surface area contributed by atoms with Crippen molar-refractivity contribution in [2.24, 2.45) is 0 Å². The zero-order valence-electron chi connectivity index (χ0n) is 11.2. The maximum absolute atomic E-state index is 11.7. The van der Waals surface area contributed by atoms with Crippen molar-refractivity contribution >= 4 is 21.8 Å². The van der Waals surface area contributed by atoms with Gasteiger partial charge in [-0.1, -0.05) is 13.8 Å². The van der Waals surface area contributed by atoms with Gasteiger partial charge in [0.1, 0.15) is 0 Å². The molecule has 0 spiro atoms. The molecule has 104 valence electrons. The van der Waals surface area contributed by atoms with E-state index in [0.717, 1.165) is 31.0 Å². The van der Waals surface area contributed by atoms with Crippen LogP contribution in [-0.2, 0) is 10.0 Å². The molecule has 1 unspecified atom stereocenters. The Morgan fingerprint density at radius 1 is 1.29 bits per heavy atom. The van der Waals surface area contributed by atoms with Gasteiger partial charge in [-0.3, -0.25) is 0 Å². The Balaban J connectivity index is 3.75. The lowest BCUT2D eigenvalue weighted by Crippen LogP contribution is -2.35. The van der Waals surface area contributed by atoms with Crippen molar-refractivity contribution in [3.8, 4) is 0 Å². The zero-order valence-corrected chi connectivity index (χ0v) is 12.8. The lowest BCUT2D eigenvalue weighted by atomic mass is 10.3. The predicted octanol–water partition coefficient (Wildman–Crippen LogP) is 1.44. The molecule has 0 amide bonds. The Kier molecular flexibility index (Phi) is 10.3. The predicted molar refractivity (Wildman–Crippen MR) is 77.2 cm³/mol. The second-order valence-corrected chi connectivity index (χ2v) is 7.30. The Hall–Kier alpha value is 0.220. The summed E-state index contributed by atoms with van der Waals surface area (Å²) in [5.41, 5.74) is 0. The molecule has 4 nitrogen and oxygen atoms in total. The molecule has 0 bridgehead atoms. The van der Waals surface area contributed by atoms with E-state index in [1.54, 1.807) is 0 Å². The fourth-order valence-electron chi connectivity index (χ4n) is 1.39.